The molecule has 0 spiro atoms. The standard InChI is InChI=1S/C12H19NO2S/c1-8(2)12(15)13-7-6-10-4-5-11(16-10)9(3)14/h4-5,8-9,14H,6-7H2,1-3H3,(H,13,15). The van der Waals surface area contributed by atoms with Gasteiger partial charge in [0.1, 0.15) is 0 Å². The van der Waals surface area contributed by atoms with Crippen molar-refractivity contribution in [2.45, 2.75) is 33.3 Å². The van der Waals surface area contributed by atoms with Gasteiger partial charge in [-0.05, 0) is 25.5 Å². The molecule has 2 N–H and O–H groups in total. The Morgan fingerprint density at radius 3 is 2.62 bits per heavy atom. The summed E-state index contributed by atoms with van der Waals surface area (Å²) in [6.07, 6.45) is 0.430. The zero-order valence-corrected chi connectivity index (χ0v) is 10.8. The molecule has 4 heteroatoms. The third kappa shape index (κ3) is 3.94. The lowest BCUT2D eigenvalue weighted by molar-refractivity contribution is -0.123. The molecule has 0 aromatic carbocycles. The van der Waals surface area contributed by atoms with Crippen LogP contribution in [0, 0.1) is 5.92 Å². The van der Waals surface area contributed by atoms with Crippen LogP contribution in [0.5, 0.6) is 0 Å². The van der Waals surface area contributed by atoms with Crippen molar-refractivity contribution < 1.29 is 9.90 Å². The molecule has 1 aromatic heterocycles. The largest absolute Gasteiger partial charge is 0.388 e. The van der Waals surface area contributed by atoms with Crippen molar-refractivity contribution in [3.8, 4) is 0 Å². The first-order valence-corrected chi connectivity index (χ1v) is 6.36. The van der Waals surface area contributed by atoms with Crippen LogP contribution in [0.2, 0.25) is 0 Å². The van der Waals surface area contributed by atoms with Crippen LogP contribution in [0.1, 0.15) is 36.6 Å². The minimum Gasteiger partial charge on any atom is -0.388 e. The monoisotopic (exact) mass is 241 g/mol. The fourth-order valence-corrected chi connectivity index (χ4v) is 2.22. The van der Waals surface area contributed by atoms with Crippen LogP contribution in [-0.4, -0.2) is 17.6 Å². The van der Waals surface area contributed by atoms with Gasteiger partial charge in [0, 0.05) is 22.2 Å². The maximum atomic E-state index is 11.3. The normalized spacial score (nSPS) is 12.8. The number of nitrogens with one attached hydrogen (secondary N) is 1. The number of carbonyl (C=O) groups is 1. The first kappa shape index (κ1) is 13.2. The molecular weight excluding hydrogens is 222 g/mol. The number of carbonyl (C=O) groups excluding carboxylic acids is 1. The average molecular weight is 241 g/mol. The molecule has 1 amide bonds. The average Bonchev–Trinajstić information content (AvgIpc) is 2.66. The van der Waals surface area contributed by atoms with E-state index in [1.807, 2.05) is 26.0 Å². The van der Waals surface area contributed by atoms with Crippen LogP contribution >= 0.6 is 11.3 Å². The van der Waals surface area contributed by atoms with E-state index >= 15 is 0 Å². The predicted octanol–water partition coefficient (Wildman–Crippen LogP) is 2.12. The predicted molar refractivity (Wildman–Crippen MR) is 66.5 cm³/mol. The molecule has 1 aromatic rings. The fourth-order valence-electron chi connectivity index (χ4n) is 1.27. The van der Waals surface area contributed by atoms with E-state index in [9.17, 15) is 9.90 Å². The van der Waals surface area contributed by atoms with Crippen LogP contribution in [0.3, 0.4) is 0 Å². The summed E-state index contributed by atoms with van der Waals surface area (Å²) >= 11 is 1.60. The first-order chi connectivity index (χ1) is 7.50. The number of hydrogen-bond acceptors (Lipinski definition) is 3. The van der Waals surface area contributed by atoms with Crippen LogP contribution in [-0.2, 0) is 11.2 Å². The van der Waals surface area contributed by atoms with Crippen molar-refractivity contribution in [1.29, 1.82) is 0 Å². The van der Waals surface area contributed by atoms with Gasteiger partial charge in [-0.15, -0.1) is 11.3 Å². The lowest BCUT2D eigenvalue weighted by Gasteiger charge is -2.06. The molecule has 0 radical (unpaired) electrons. The highest BCUT2D eigenvalue weighted by Gasteiger charge is 2.07. The maximum Gasteiger partial charge on any atom is 0.222 e. The fraction of sp³-hybridized carbons (Fsp3) is 0.583. The van der Waals surface area contributed by atoms with Gasteiger partial charge in [-0.25, -0.2) is 0 Å². The molecule has 0 aliphatic carbocycles. The van der Waals surface area contributed by atoms with Crippen molar-refractivity contribution >= 4 is 17.2 Å². The highest BCUT2D eigenvalue weighted by Crippen LogP contribution is 2.22. The summed E-state index contributed by atoms with van der Waals surface area (Å²) in [5.41, 5.74) is 0. The Morgan fingerprint density at radius 2 is 2.12 bits per heavy atom. The molecule has 3 nitrogen and oxygen atoms in total. The number of amides is 1. The minimum atomic E-state index is -0.399. The van der Waals surface area contributed by atoms with Crippen molar-refractivity contribution in [2.24, 2.45) is 5.92 Å². The van der Waals surface area contributed by atoms with E-state index in [-0.39, 0.29) is 11.8 Å². The number of aliphatic hydroxyl groups excluding tert-OH is 1. The Balaban J connectivity index is 2.35. The summed E-state index contributed by atoms with van der Waals surface area (Å²) in [6.45, 7) is 6.19. The van der Waals surface area contributed by atoms with Gasteiger partial charge in [0.25, 0.3) is 0 Å². The maximum absolute atomic E-state index is 11.3. The van der Waals surface area contributed by atoms with E-state index in [4.69, 9.17) is 0 Å². The number of rotatable bonds is 5. The van der Waals surface area contributed by atoms with Crippen LogP contribution in [0.4, 0.5) is 0 Å². The Labute approximate surface area is 100 Å². The number of thiophene rings is 1. The van der Waals surface area contributed by atoms with Crippen LogP contribution < -0.4 is 5.32 Å². The van der Waals surface area contributed by atoms with Crippen LogP contribution in [0.15, 0.2) is 12.1 Å². The molecule has 0 bridgehead atoms. The quantitative estimate of drug-likeness (QED) is 0.829. The molecular formula is C12H19NO2S. The molecule has 0 aliphatic heterocycles. The second-order valence-corrected chi connectivity index (χ2v) is 5.38. The zero-order chi connectivity index (χ0) is 12.1. The summed E-state index contributed by atoms with van der Waals surface area (Å²) in [6, 6.07) is 3.95. The van der Waals surface area contributed by atoms with Gasteiger partial charge in [0.05, 0.1) is 6.10 Å². The van der Waals surface area contributed by atoms with E-state index < -0.39 is 6.10 Å². The molecule has 16 heavy (non-hydrogen) atoms. The van der Waals surface area contributed by atoms with Crippen molar-refractivity contribution in [1.82, 2.24) is 5.32 Å². The highest BCUT2D eigenvalue weighted by atomic mass is 32.1. The van der Waals surface area contributed by atoms with Crippen LogP contribution in [0.25, 0.3) is 0 Å². The first-order valence-electron chi connectivity index (χ1n) is 5.55. The molecule has 0 aliphatic rings. The SMILES string of the molecule is CC(C)C(=O)NCCc1ccc(C(C)O)s1. The molecule has 0 saturated heterocycles. The summed E-state index contributed by atoms with van der Waals surface area (Å²) < 4.78 is 0. The van der Waals surface area contributed by atoms with Gasteiger partial charge in [-0.2, -0.15) is 0 Å². The summed E-state index contributed by atoms with van der Waals surface area (Å²) in [4.78, 5) is 13.5. The number of aliphatic hydroxyl groups is 1. The van der Waals surface area contributed by atoms with Gasteiger partial charge in [-0.1, -0.05) is 13.8 Å². The van der Waals surface area contributed by atoms with Gasteiger partial charge < -0.3 is 10.4 Å². The second kappa shape index (κ2) is 6.01. The van der Waals surface area contributed by atoms with Gasteiger partial charge in [-0.3, -0.25) is 4.79 Å². The van der Waals surface area contributed by atoms with E-state index in [0.717, 1.165) is 11.3 Å². The molecule has 1 heterocycles. The highest BCUT2D eigenvalue weighted by molar-refractivity contribution is 7.12. The van der Waals surface area contributed by atoms with Crippen molar-refractivity contribution in [3.05, 3.63) is 21.9 Å². The van der Waals surface area contributed by atoms with Gasteiger partial charge in [0.2, 0.25) is 5.91 Å². The Bertz CT molecular complexity index is 345. The Hall–Kier alpha value is -0.870. The van der Waals surface area contributed by atoms with E-state index in [1.165, 1.54) is 4.88 Å². The molecule has 0 fully saturated rings. The third-order valence-corrected chi connectivity index (χ3v) is 3.60. The van der Waals surface area contributed by atoms with E-state index in [2.05, 4.69) is 5.32 Å². The van der Waals surface area contributed by atoms with Gasteiger partial charge >= 0.3 is 0 Å². The summed E-state index contributed by atoms with van der Waals surface area (Å²) in [7, 11) is 0. The Morgan fingerprint density at radius 1 is 1.44 bits per heavy atom. The molecule has 1 unspecified atom stereocenters. The van der Waals surface area contributed by atoms with E-state index in [1.54, 1.807) is 18.3 Å². The van der Waals surface area contributed by atoms with Crippen molar-refractivity contribution in [2.75, 3.05) is 6.54 Å². The third-order valence-electron chi connectivity index (χ3n) is 2.29. The molecule has 0 saturated carbocycles. The topological polar surface area (TPSA) is 49.3 Å². The smallest absolute Gasteiger partial charge is 0.222 e. The molecule has 90 valence electrons. The lowest BCUT2D eigenvalue weighted by atomic mass is 10.2. The second-order valence-electron chi connectivity index (χ2n) is 4.18. The zero-order valence-electron chi connectivity index (χ0n) is 9.99. The lowest BCUT2D eigenvalue weighted by Crippen LogP contribution is -2.29. The van der Waals surface area contributed by atoms with E-state index in [0.29, 0.717) is 6.54 Å². The molecule has 1 rings (SSSR count). The molecule has 1 atom stereocenters. The summed E-state index contributed by atoms with van der Waals surface area (Å²) in [5.74, 6) is 0.128. The summed E-state index contributed by atoms with van der Waals surface area (Å²) in [5, 5.41) is 12.2. The minimum absolute atomic E-state index is 0.0383. The van der Waals surface area contributed by atoms with Gasteiger partial charge in [0.15, 0.2) is 0 Å². The van der Waals surface area contributed by atoms with Crippen molar-refractivity contribution in [3.63, 3.8) is 0 Å². The Kier molecular flexibility index (Phi) is 4.96. The number of hydrogen-bond donors (Lipinski definition) is 2.